The van der Waals surface area contributed by atoms with Crippen molar-refractivity contribution in [3.63, 3.8) is 0 Å². The van der Waals surface area contributed by atoms with E-state index in [1.165, 1.54) is 18.2 Å². The van der Waals surface area contributed by atoms with E-state index in [1.54, 1.807) is 16.7 Å². The number of nitro benzene ring substituents is 1. The highest BCUT2D eigenvalue weighted by molar-refractivity contribution is 8.00. The van der Waals surface area contributed by atoms with Crippen LogP contribution in [0.25, 0.3) is 0 Å². The molecule has 2 aromatic rings. The summed E-state index contributed by atoms with van der Waals surface area (Å²) in [5, 5.41) is 14.9. The minimum Gasteiger partial charge on any atom is -0.452 e. The van der Waals surface area contributed by atoms with Crippen LogP contribution in [0, 0.1) is 10.1 Å². The second kappa shape index (κ2) is 8.97. The fourth-order valence-electron chi connectivity index (χ4n) is 3.41. The van der Waals surface area contributed by atoms with Crippen molar-refractivity contribution in [2.45, 2.75) is 42.4 Å². The molecule has 1 aliphatic carbocycles. The first-order valence-electron chi connectivity index (χ1n) is 10.2. The summed E-state index contributed by atoms with van der Waals surface area (Å²) in [5.41, 5.74) is 1.05. The molecule has 1 saturated carbocycles. The molecule has 0 aromatic heterocycles. The number of carbonyl (C=O) groups is 2. The van der Waals surface area contributed by atoms with Crippen LogP contribution in [0.3, 0.4) is 0 Å². The standard InChI is InChI=1S/C22H23N3O5S/c1-14-10-11-24(18-4-2-3-5-20(18)31-14)21(26)13-30-22(27)15-6-9-17(23-16-7-8-16)19(12-15)25(28)29/h2-6,9,12,14,16,23H,7-8,10-11,13H2,1H3. The molecule has 0 bridgehead atoms. The molecule has 4 rings (SSSR count). The van der Waals surface area contributed by atoms with Crippen molar-refractivity contribution in [3.8, 4) is 0 Å². The Balaban J connectivity index is 1.44. The van der Waals surface area contributed by atoms with Crippen LogP contribution in [0.15, 0.2) is 47.4 Å². The third-order valence-electron chi connectivity index (χ3n) is 5.24. The maximum absolute atomic E-state index is 12.8. The van der Waals surface area contributed by atoms with Gasteiger partial charge in [-0.25, -0.2) is 4.79 Å². The van der Waals surface area contributed by atoms with Crippen molar-refractivity contribution in [2.75, 3.05) is 23.4 Å². The van der Waals surface area contributed by atoms with Gasteiger partial charge in [0.1, 0.15) is 5.69 Å². The fourth-order valence-corrected chi connectivity index (χ4v) is 4.53. The van der Waals surface area contributed by atoms with Crippen LogP contribution in [-0.2, 0) is 9.53 Å². The Bertz CT molecular complexity index is 1020. The molecule has 9 heteroatoms. The smallest absolute Gasteiger partial charge is 0.338 e. The summed E-state index contributed by atoms with van der Waals surface area (Å²) in [6.07, 6.45) is 2.76. The Kier molecular flexibility index (Phi) is 6.13. The van der Waals surface area contributed by atoms with Crippen molar-refractivity contribution in [3.05, 3.63) is 58.1 Å². The van der Waals surface area contributed by atoms with Crippen LogP contribution in [0.4, 0.5) is 17.1 Å². The van der Waals surface area contributed by atoms with Crippen LogP contribution in [-0.4, -0.2) is 41.2 Å². The van der Waals surface area contributed by atoms with Crippen molar-refractivity contribution in [2.24, 2.45) is 0 Å². The van der Waals surface area contributed by atoms with E-state index >= 15 is 0 Å². The Morgan fingerprint density at radius 2 is 2.00 bits per heavy atom. The van der Waals surface area contributed by atoms with Gasteiger partial charge in [0.05, 0.1) is 16.2 Å². The lowest BCUT2D eigenvalue weighted by Crippen LogP contribution is -2.35. The molecule has 1 atom stereocenters. The summed E-state index contributed by atoms with van der Waals surface area (Å²) in [6, 6.07) is 12.1. The Labute approximate surface area is 184 Å². The number of para-hydroxylation sites is 1. The third kappa shape index (κ3) is 4.99. The van der Waals surface area contributed by atoms with Crippen LogP contribution >= 0.6 is 11.8 Å². The monoisotopic (exact) mass is 441 g/mol. The van der Waals surface area contributed by atoms with Gasteiger partial charge in [0.2, 0.25) is 0 Å². The number of nitrogens with one attached hydrogen (secondary N) is 1. The quantitative estimate of drug-likeness (QED) is 0.406. The molecule has 2 aromatic carbocycles. The maximum Gasteiger partial charge on any atom is 0.338 e. The second-order valence-corrected chi connectivity index (χ2v) is 9.19. The highest BCUT2D eigenvalue weighted by Crippen LogP contribution is 2.37. The van der Waals surface area contributed by atoms with Crippen molar-refractivity contribution in [1.29, 1.82) is 0 Å². The molecule has 2 aliphatic rings. The van der Waals surface area contributed by atoms with Gasteiger partial charge in [0.25, 0.3) is 11.6 Å². The second-order valence-electron chi connectivity index (χ2n) is 7.71. The highest BCUT2D eigenvalue weighted by atomic mass is 32.2. The average molecular weight is 442 g/mol. The molecular weight excluding hydrogens is 418 g/mol. The van der Waals surface area contributed by atoms with Crippen molar-refractivity contribution in [1.82, 2.24) is 0 Å². The molecular formula is C22H23N3O5S. The van der Waals surface area contributed by atoms with Crippen LogP contribution < -0.4 is 10.2 Å². The number of hydrogen-bond acceptors (Lipinski definition) is 7. The van der Waals surface area contributed by atoms with E-state index in [2.05, 4.69) is 12.2 Å². The van der Waals surface area contributed by atoms with Gasteiger partial charge < -0.3 is 15.0 Å². The summed E-state index contributed by atoms with van der Waals surface area (Å²) >= 11 is 1.72. The third-order valence-corrected chi connectivity index (χ3v) is 6.48. The van der Waals surface area contributed by atoms with Gasteiger partial charge in [-0.15, -0.1) is 11.8 Å². The zero-order valence-electron chi connectivity index (χ0n) is 17.1. The van der Waals surface area contributed by atoms with E-state index in [-0.39, 0.29) is 23.2 Å². The summed E-state index contributed by atoms with van der Waals surface area (Å²) in [4.78, 5) is 38.8. The number of fused-ring (bicyclic) bond motifs is 1. The summed E-state index contributed by atoms with van der Waals surface area (Å²) in [7, 11) is 0. The lowest BCUT2D eigenvalue weighted by Gasteiger charge is -2.22. The number of rotatable bonds is 6. The number of thioether (sulfide) groups is 1. The van der Waals surface area contributed by atoms with Gasteiger partial charge in [-0.3, -0.25) is 14.9 Å². The first-order chi connectivity index (χ1) is 14.9. The molecule has 1 N–H and O–H groups in total. The molecule has 162 valence electrons. The molecule has 0 spiro atoms. The first-order valence-corrected chi connectivity index (χ1v) is 11.1. The molecule has 1 aliphatic heterocycles. The van der Waals surface area contributed by atoms with Gasteiger partial charge in [0.15, 0.2) is 6.61 Å². The molecule has 0 saturated heterocycles. The Hall–Kier alpha value is -3.07. The molecule has 1 heterocycles. The zero-order chi connectivity index (χ0) is 22.0. The molecule has 1 fully saturated rings. The minimum atomic E-state index is -0.764. The number of nitrogens with zero attached hydrogens (tertiary/aromatic N) is 2. The SMILES string of the molecule is CC1CCN(C(=O)COC(=O)c2ccc(NC3CC3)c([N+](=O)[O-])c2)c2ccccc2S1. The molecule has 8 nitrogen and oxygen atoms in total. The molecule has 1 amide bonds. The first kappa shape index (κ1) is 21.2. The lowest BCUT2D eigenvalue weighted by atomic mass is 10.1. The molecule has 31 heavy (non-hydrogen) atoms. The van der Waals surface area contributed by atoms with Gasteiger partial charge in [0, 0.05) is 28.8 Å². The summed E-state index contributed by atoms with van der Waals surface area (Å²) in [6.45, 7) is 2.22. The van der Waals surface area contributed by atoms with E-state index in [4.69, 9.17) is 4.74 Å². The lowest BCUT2D eigenvalue weighted by molar-refractivity contribution is -0.384. The number of ether oxygens (including phenoxy) is 1. The highest BCUT2D eigenvalue weighted by Gasteiger charge is 2.27. The Morgan fingerprint density at radius 1 is 1.23 bits per heavy atom. The number of carbonyl (C=O) groups excluding carboxylic acids is 2. The molecule has 0 radical (unpaired) electrons. The van der Waals surface area contributed by atoms with E-state index in [9.17, 15) is 19.7 Å². The normalized spacial score (nSPS) is 18.0. The minimum absolute atomic E-state index is 0.0429. The van der Waals surface area contributed by atoms with Gasteiger partial charge in [-0.05, 0) is 43.5 Å². The van der Waals surface area contributed by atoms with Crippen LogP contribution in [0.1, 0.15) is 36.5 Å². The van der Waals surface area contributed by atoms with E-state index in [0.717, 1.165) is 29.8 Å². The number of amides is 1. The maximum atomic E-state index is 12.8. The van der Waals surface area contributed by atoms with Crippen LogP contribution in [0.5, 0.6) is 0 Å². The van der Waals surface area contributed by atoms with Gasteiger partial charge >= 0.3 is 5.97 Å². The van der Waals surface area contributed by atoms with Gasteiger partial charge in [-0.2, -0.15) is 0 Å². The number of hydrogen-bond donors (Lipinski definition) is 1. The predicted octanol–water partition coefficient (Wildman–Crippen LogP) is 4.24. The number of nitro groups is 1. The van der Waals surface area contributed by atoms with E-state index < -0.39 is 17.5 Å². The number of esters is 1. The van der Waals surface area contributed by atoms with Crippen molar-refractivity contribution < 1.29 is 19.2 Å². The zero-order valence-corrected chi connectivity index (χ0v) is 17.9. The summed E-state index contributed by atoms with van der Waals surface area (Å²) < 4.78 is 5.21. The van der Waals surface area contributed by atoms with Crippen LogP contribution in [0.2, 0.25) is 0 Å². The van der Waals surface area contributed by atoms with E-state index in [1.807, 2.05) is 24.3 Å². The fraction of sp³-hybridized carbons (Fsp3) is 0.364. The number of benzene rings is 2. The summed E-state index contributed by atoms with van der Waals surface area (Å²) in [5.74, 6) is -1.09. The van der Waals surface area contributed by atoms with Crippen molar-refractivity contribution >= 4 is 40.7 Å². The predicted molar refractivity (Wildman–Crippen MR) is 119 cm³/mol. The Morgan fingerprint density at radius 3 is 2.74 bits per heavy atom. The van der Waals surface area contributed by atoms with E-state index in [0.29, 0.717) is 17.5 Å². The topological polar surface area (TPSA) is 102 Å². The molecule has 1 unspecified atom stereocenters. The van der Waals surface area contributed by atoms with Gasteiger partial charge in [-0.1, -0.05) is 19.1 Å². The largest absolute Gasteiger partial charge is 0.452 e. The average Bonchev–Trinajstić information content (AvgIpc) is 3.58. The number of anilines is 2.